The Hall–Kier alpha value is -0.910. The summed E-state index contributed by atoms with van der Waals surface area (Å²) in [6.45, 7) is 7.53. The molecule has 0 radical (unpaired) electrons. The van der Waals surface area contributed by atoms with Crippen LogP contribution in [0.1, 0.15) is 13.3 Å². The summed E-state index contributed by atoms with van der Waals surface area (Å²) in [4.78, 5) is 11.4. The average molecular weight is 230 g/mol. The number of nitrogens with two attached hydrogens (primary N) is 1. The molecule has 5 nitrogen and oxygen atoms in total. The molecule has 3 N–H and O–H groups in total. The highest BCUT2D eigenvalue weighted by atomic mass is 16.5. The van der Waals surface area contributed by atoms with Gasteiger partial charge in [-0.05, 0) is 13.3 Å². The van der Waals surface area contributed by atoms with Crippen LogP contribution in [0, 0.1) is 0 Å². The summed E-state index contributed by atoms with van der Waals surface area (Å²) in [6.07, 6.45) is 0.523. The van der Waals surface area contributed by atoms with Gasteiger partial charge in [-0.25, -0.2) is 0 Å². The van der Waals surface area contributed by atoms with E-state index >= 15 is 0 Å². The van der Waals surface area contributed by atoms with Gasteiger partial charge in [-0.2, -0.15) is 0 Å². The number of hydrogen-bond donors (Lipinski definition) is 2. The first-order valence-electron chi connectivity index (χ1n) is 5.32. The zero-order valence-corrected chi connectivity index (χ0v) is 10.1. The smallest absolute Gasteiger partial charge is 0.237 e. The summed E-state index contributed by atoms with van der Waals surface area (Å²) in [5.74, 6) is -0.170. The average Bonchev–Trinajstić information content (AvgIpc) is 2.24. The highest BCUT2D eigenvalue weighted by Gasteiger charge is 2.11. The van der Waals surface area contributed by atoms with E-state index in [9.17, 15) is 4.79 Å². The van der Waals surface area contributed by atoms with Crippen LogP contribution in [0.2, 0.25) is 0 Å². The third-order valence-corrected chi connectivity index (χ3v) is 1.86. The van der Waals surface area contributed by atoms with Gasteiger partial charge in [0.25, 0.3) is 0 Å². The number of rotatable bonds is 9. The molecule has 0 fully saturated rings. The minimum Gasteiger partial charge on any atom is -0.385 e. The van der Waals surface area contributed by atoms with E-state index < -0.39 is 6.04 Å². The molecule has 0 rings (SSSR count). The first-order valence-corrected chi connectivity index (χ1v) is 5.32. The van der Waals surface area contributed by atoms with Crippen LogP contribution in [-0.4, -0.2) is 45.4 Å². The Labute approximate surface area is 97.0 Å². The Morgan fingerprint density at radius 2 is 2.19 bits per heavy atom. The van der Waals surface area contributed by atoms with Crippen molar-refractivity contribution in [2.24, 2.45) is 5.73 Å². The Morgan fingerprint density at radius 1 is 1.50 bits per heavy atom. The van der Waals surface area contributed by atoms with E-state index in [0.717, 1.165) is 5.57 Å². The number of carbonyl (C=O) groups is 1. The van der Waals surface area contributed by atoms with E-state index in [0.29, 0.717) is 32.8 Å². The molecule has 0 aromatic rings. The Balaban J connectivity index is 3.45. The molecule has 0 aromatic carbocycles. The van der Waals surface area contributed by atoms with Crippen molar-refractivity contribution in [2.75, 3.05) is 33.5 Å². The molecule has 0 aliphatic rings. The van der Waals surface area contributed by atoms with Gasteiger partial charge in [0, 0.05) is 20.3 Å². The van der Waals surface area contributed by atoms with Crippen LogP contribution in [-0.2, 0) is 14.3 Å². The Bertz CT molecular complexity index is 219. The van der Waals surface area contributed by atoms with E-state index in [1.54, 1.807) is 7.11 Å². The van der Waals surface area contributed by atoms with Crippen LogP contribution in [0.4, 0.5) is 0 Å². The number of ether oxygens (including phenoxy) is 2. The molecule has 94 valence electrons. The number of hydrogen-bond acceptors (Lipinski definition) is 4. The van der Waals surface area contributed by atoms with Crippen LogP contribution in [0.5, 0.6) is 0 Å². The highest BCUT2D eigenvalue weighted by molar-refractivity contribution is 5.81. The fourth-order valence-electron chi connectivity index (χ4n) is 1.000. The van der Waals surface area contributed by atoms with E-state index in [-0.39, 0.29) is 5.91 Å². The van der Waals surface area contributed by atoms with Gasteiger partial charge in [-0.1, -0.05) is 12.2 Å². The second-order valence-electron chi connectivity index (χ2n) is 3.69. The zero-order valence-electron chi connectivity index (χ0n) is 10.1. The van der Waals surface area contributed by atoms with E-state index in [1.807, 2.05) is 6.92 Å². The molecule has 1 atom stereocenters. The Morgan fingerprint density at radius 3 is 2.75 bits per heavy atom. The van der Waals surface area contributed by atoms with E-state index in [1.165, 1.54) is 0 Å². The molecule has 0 aromatic heterocycles. The summed E-state index contributed by atoms with van der Waals surface area (Å²) < 4.78 is 10.1. The van der Waals surface area contributed by atoms with E-state index in [2.05, 4.69) is 11.9 Å². The lowest BCUT2D eigenvalue weighted by molar-refractivity contribution is -0.122. The minimum atomic E-state index is -0.513. The molecule has 0 spiro atoms. The summed E-state index contributed by atoms with van der Waals surface area (Å²) >= 11 is 0. The molecule has 0 aliphatic carbocycles. The molecule has 0 aliphatic heterocycles. The van der Waals surface area contributed by atoms with Gasteiger partial charge in [0.05, 0.1) is 19.3 Å². The van der Waals surface area contributed by atoms with Crippen LogP contribution >= 0.6 is 0 Å². The lowest BCUT2D eigenvalue weighted by atomic mass is 10.2. The fraction of sp³-hybridized carbons (Fsp3) is 0.727. The monoisotopic (exact) mass is 230 g/mol. The van der Waals surface area contributed by atoms with Crippen molar-refractivity contribution >= 4 is 5.91 Å². The van der Waals surface area contributed by atoms with Gasteiger partial charge in [0.15, 0.2) is 0 Å². The SMILES string of the molecule is C=C(C)COCCNC(=O)C(N)CCOC. The van der Waals surface area contributed by atoms with Crippen LogP contribution < -0.4 is 11.1 Å². The number of carbonyl (C=O) groups excluding carboxylic acids is 1. The normalized spacial score (nSPS) is 12.2. The summed E-state index contributed by atoms with van der Waals surface area (Å²) in [5, 5.41) is 2.69. The molecule has 0 bridgehead atoms. The van der Waals surface area contributed by atoms with Crippen molar-refractivity contribution in [2.45, 2.75) is 19.4 Å². The van der Waals surface area contributed by atoms with Gasteiger partial charge < -0.3 is 20.5 Å². The fourth-order valence-corrected chi connectivity index (χ4v) is 1.000. The maximum Gasteiger partial charge on any atom is 0.237 e. The topological polar surface area (TPSA) is 73.6 Å². The Kier molecular flexibility index (Phi) is 8.80. The third kappa shape index (κ3) is 8.40. The van der Waals surface area contributed by atoms with Crippen molar-refractivity contribution in [1.82, 2.24) is 5.32 Å². The standard InChI is InChI=1S/C11H22N2O3/c1-9(2)8-16-7-5-13-11(14)10(12)4-6-15-3/h10H,1,4-8,12H2,2-3H3,(H,13,14). The molecule has 16 heavy (non-hydrogen) atoms. The summed E-state index contributed by atoms with van der Waals surface area (Å²) in [6, 6.07) is -0.513. The molecule has 0 heterocycles. The second-order valence-corrected chi connectivity index (χ2v) is 3.69. The van der Waals surface area contributed by atoms with Gasteiger partial charge in [-0.3, -0.25) is 4.79 Å². The van der Waals surface area contributed by atoms with Crippen LogP contribution in [0.15, 0.2) is 12.2 Å². The predicted octanol–water partition coefficient (Wildman–Crippen LogP) is 0.0591. The van der Waals surface area contributed by atoms with Gasteiger partial charge in [0.2, 0.25) is 5.91 Å². The third-order valence-electron chi connectivity index (χ3n) is 1.86. The first-order chi connectivity index (χ1) is 7.57. The molecule has 1 amide bonds. The summed E-state index contributed by atoms with van der Waals surface area (Å²) in [5.41, 5.74) is 6.58. The number of nitrogens with one attached hydrogen (secondary N) is 1. The molecule has 1 unspecified atom stereocenters. The number of methoxy groups -OCH3 is 1. The molecule has 5 heteroatoms. The largest absolute Gasteiger partial charge is 0.385 e. The molecular formula is C11H22N2O3. The van der Waals surface area contributed by atoms with Gasteiger partial charge in [0.1, 0.15) is 0 Å². The van der Waals surface area contributed by atoms with E-state index in [4.69, 9.17) is 15.2 Å². The number of amides is 1. The maximum atomic E-state index is 11.4. The first kappa shape index (κ1) is 15.1. The van der Waals surface area contributed by atoms with Crippen LogP contribution in [0.25, 0.3) is 0 Å². The van der Waals surface area contributed by atoms with Crippen molar-refractivity contribution < 1.29 is 14.3 Å². The predicted molar refractivity (Wildman–Crippen MR) is 63.1 cm³/mol. The van der Waals surface area contributed by atoms with Crippen molar-refractivity contribution in [1.29, 1.82) is 0 Å². The molecular weight excluding hydrogens is 208 g/mol. The maximum absolute atomic E-state index is 11.4. The van der Waals surface area contributed by atoms with Crippen LogP contribution in [0.3, 0.4) is 0 Å². The quantitative estimate of drug-likeness (QED) is 0.434. The molecule has 0 saturated carbocycles. The highest BCUT2D eigenvalue weighted by Crippen LogP contribution is 1.89. The molecule has 0 saturated heterocycles. The van der Waals surface area contributed by atoms with Gasteiger partial charge >= 0.3 is 0 Å². The second kappa shape index (κ2) is 9.33. The van der Waals surface area contributed by atoms with Crippen molar-refractivity contribution in [3.05, 3.63) is 12.2 Å². The minimum absolute atomic E-state index is 0.170. The van der Waals surface area contributed by atoms with Crippen molar-refractivity contribution in [3.63, 3.8) is 0 Å². The lowest BCUT2D eigenvalue weighted by Crippen LogP contribution is -2.42. The summed E-state index contributed by atoms with van der Waals surface area (Å²) in [7, 11) is 1.58. The van der Waals surface area contributed by atoms with Gasteiger partial charge in [-0.15, -0.1) is 0 Å². The zero-order chi connectivity index (χ0) is 12.4. The van der Waals surface area contributed by atoms with Crippen molar-refractivity contribution in [3.8, 4) is 0 Å². The lowest BCUT2D eigenvalue weighted by Gasteiger charge is -2.11.